The summed E-state index contributed by atoms with van der Waals surface area (Å²) in [5.41, 5.74) is 1.99. The Morgan fingerprint density at radius 2 is 2.03 bits per heavy atom. The Morgan fingerprint density at radius 3 is 2.78 bits per heavy atom. The van der Waals surface area contributed by atoms with Crippen LogP contribution in [0.25, 0.3) is 0 Å². The molecule has 6 heteroatoms. The highest BCUT2D eigenvalue weighted by Crippen LogP contribution is 2.65. The Balaban J connectivity index is 1.43. The molecule has 2 aliphatic heterocycles. The average molecular weight is 497 g/mol. The number of hydrogen-bond donors (Lipinski definition) is 0. The Labute approximate surface area is 218 Å². The van der Waals surface area contributed by atoms with Gasteiger partial charge in [0, 0.05) is 44.1 Å². The van der Waals surface area contributed by atoms with Crippen molar-refractivity contribution in [2.24, 2.45) is 0 Å². The van der Waals surface area contributed by atoms with Gasteiger partial charge < -0.3 is 14.4 Å². The van der Waals surface area contributed by atoms with Crippen LogP contribution >= 0.6 is 0 Å². The van der Waals surface area contributed by atoms with E-state index in [-0.39, 0.29) is 30.1 Å². The van der Waals surface area contributed by atoms with Crippen molar-refractivity contribution in [2.45, 2.75) is 61.8 Å². The molecule has 2 heterocycles. The molecule has 4 aliphatic rings. The summed E-state index contributed by atoms with van der Waals surface area (Å²) in [6.07, 6.45) is 4.51. The molecule has 2 aromatic rings. The van der Waals surface area contributed by atoms with Gasteiger partial charge in [0.2, 0.25) is 0 Å². The summed E-state index contributed by atoms with van der Waals surface area (Å²) in [4.78, 5) is 30.1. The summed E-state index contributed by atoms with van der Waals surface area (Å²) in [7, 11) is 1.82. The van der Waals surface area contributed by atoms with Crippen molar-refractivity contribution in [3.8, 4) is 17.6 Å². The first-order valence-corrected chi connectivity index (χ1v) is 13.1. The van der Waals surface area contributed by atoms with E-state index in [9.17, 15) is 9.59 Å². The normalized spacial score (nSPS) is 30.7. The van der Waals surface area contributed by atoms with Crippen molar-refractivity contribution in [3.05, 3.63) is 77.9 Å². The fraction of sp³-hybridized carbons (Fsp3) is 0.419. The number of ether oxygens (including phenoxy) is 2. The van der Waals surface area contributed by atoms with Crippen LogP contribution < -0.4 is 4.74 Å². The fourth-order valence-corrected chi connectivity index (χ4v) is 7.68. The first-order chi connectivity index (χ1) is 17.9. The third-order valence-electron chi connectivity index (χ3n) is 8.99. The van der Waals surface area contributed by atoms with Gasteiger partial charge in [-0.3, -0.25) is 14.5 Å². The van der Waals surface area contributed by atoms with Crippen LogP contribution in [0.4, 0.5) is 0 Å². The van der Waals surface area contributed by atoms with Crippen LogP contribution in [0.1, 0.15) is 42.9 Å². The smallest absolute Gasteiger partial charge is 0.303 e. The zero-order valence-electron chi connectivity index (χ0n) is 21.4. The molecule has 2 fully saturated rings. The van der Waals surface area contributed by atoms with Gasteiger partial charge in [-0.15, -0.1) is 6.58 Å². The van der Waals surface area contributed by atoms with Gasteiger partial charge in [-0.1, -0.05) is 42.3 Å². The SMILES string of the molecule is C=CCN1CC[C@]23c4c5cccc4O[C@H]2[C@H](N(C)C(=O)C#Cc2ccccc2)CC[C@@]3(OC(C)=O)[C@H]1C5. The summed E-state index contributed by atoms with van der Waals surface area (Å²) in [5.74, 6) is 6.18. The molecule has 190 valence electrons. The molecule has 1 saturated carbocycles. The summed E-state index contributed by atoms with van der Waals surface area (Å²) in [6.45, 7) is 7.08. The topological polar surface area (TPSA) is 59.1 Å². The van der Waals surface area contributed by atoms with Crippen molar-refractivity contribution in [1.82, 2.24) is 9.80 Å². The third kappa shape index (κ3) is 3.37. The van der Waals surface area contributed by atoms with Gasteiger partial charge in [0.15, 0.2) is 0 Å². The molecule has 2 aliphatic carbocycles. The first-order valence-electron chi connectivity index (χ1n) is 13.1. The van der Waals surface area contributed by atoms with E-state index in [1.165, 1.54) is 18.1 Å². The van der Waals surface area contributed by atoms with E-state index in [4.69, 9.17) is 9.47 Å². The zero-order valence-corrected chi connectivity index (χ0v) is 21.4. The maximum Gasteiger partial charge on any atom is 0.303 e. The Bertz CT molecular complexity index is 1330. The van der Waals surface area contributed by atoms with E-state index in [0.29, 0.717) is 12.8 Å². The molecule has 5 atom stereocenters. The van der Waals surface area contributed by atoms with Crippen LogP contribution in [0.2, 0.25) is 0 Å². The van der Waals surface area contributed by atoms with Crippen LogP contribution in [0, 0.1) is 11.8 Å². The lowest BCUT2D eigenvalue weighted by molar-refractivity contribution is -0.222. The lowest BCUT2D eigenvalue weighted by Gasteiger charge is -2.65. The van der Waals surface area contributed by atoms with E-state index >= 15 is 0 Å². The highest BCUT2D eigenvalue weighted by Gasteiger charge is 2.75. The molecule has 0 unspecified atom stereocenters. The maximum atomic E-state index is 13.3. The minimum absolute atomic E-state index is 0.0231. The minimum atomic E-state index is -0.722. The van der Waals surface area contributed by atoms with Crippen molar-refractivity contribution >= 4 is 11.9 Å². The molecule has 1 saturated heterocycles. The number of amides is 1. The van der Waals surface area contributed by atoms with E-state index in [1.807, 2.05) is 55.6 Å². The predicted octanol–water partition coefficient (Wildman–Crippen LogP) is 3.48. The minimum Gasteiger partial charge on any atom is -0.487 e. The molecule has 0 aromatic heterocycles. The molecule has 6 rings (SSSR count). The second kappa shape index (κ2) is 8.78. The van der Waals surface area contributed by atoms with Crippen LogP contribution in [0.5, 0.6) is 5.75 Å². The van der Waals surface area contributed by atoms with Gasteiger partial charge in [-0.05, 0) is 49.4 Å². The molecule has 1 amide bonds. The number of hydrogen-bond acceptors (Lipinski definition) is 5. The number of likely N-dealkylation sites (N-methyl/N-ethyl adjacent to an activating group) is 1. The average Bonchev–Trinajstić information content (AvgIpc) is 3.23. The van der Waals surface area contributed by atoms with Crippen molar-refractivity contribution in [2.75, 3.05) is 20.1 Å². The van der Waals surface area contributed by atoms with Crippen molar-refractivity contribution in [3.63, 3.8) is 0 Å². The van der Waals surface area contributed by atoms with Crippen molar-refractivity contribution in [1.29, 1.82) is 0 Å². The summed E-state index contributed by atoms with van der Waals surface area (Å²) < 4.78 is 13.2. The highest BCUT2D eigenvalue weighted by atomic mass is 16.6. The summed E-state index contributed by atoms with van der Waals surface area (Å²) in [6, 6.07) is 15.6. The molecule has 0 radical (unpaired) electrons. The molecule has 37 heavy (non-hydrogen) atoms. The third-order valence-corrected chi connectivity index (χ3v) is 8.99. The largest absolute Gasteiger partial charge is 0.487 e. The number of esters is 1. The van der Waals surface area contributed by atoms with Gasteiger partial charge in [-0.2, -0.15) is 0 Å². The number of likely N-dealkylation sites (tertiary alicyclic amines) is 1. The molecule has 2 bridgehead atoms. The standard InChI is InChI=1S/C31H32N2O4/c1-4-18-33-19-17-30-28-23-11-8-12-25(28)36-29(30)24(15-16-31(30,26(33)20-23)37-21(2)34)32(3)27(35)14-13-22-9-6-5-7-10-22/h4-12,24,26,29H,1,15-20H2,2-3H3/t24-,26-,29+,30+,31-/m1/s1. The van der Waals surface area contributed by atoms with Gasteiger partial charge in [0.25, 0.3) is 5.91 Å². The Morgan fingerprint density at radius 1 is 1.22 bits per heavy atom. The van der Waals surface area contributed by atoms with Gasteiger partial charge in [-0.25, -0.2) is 0 Å². The highest BCUT2D eigenvalue weighted by molar-refractivity contribution is 5.94. The molecular weight excluding hydrogens is 464 g/mol. The van der Waals surface area contributed by atoms with E-state index in [1.54, 1.807) is 4.90 Å². The molecule has 2 aromatic carbocycles. The zero-order chi connectivity index (χ0) is 25.8. The Kier molecular flexibility index (Phi) is 5.65. The molecule has 6 nitrogen and oxygen atoms in total. The fourth-order valence-electron chi connectivity index (χ4n) is 7.68. The van der Waals surface area contributed by atoms with Crippen LogP contribution in [0.15, 0.2) is 61.2 Å². The quantitative estimate of drug-likeness (QED) is 0.369. The number of piperidine rings is 1. The number of benzene rings is 2. The summed E-state index contributed by atoms with van der Waals surface area (Å²) in [5, 5.41) is 0. The van der Waals surface area contributed by atoms with Crippen LogP contribution in [0.3, 0.4) is 0 Å². The number of carbonyl (C=O) groups is 2. The van der Waals surface area contributed by atoms with E-state index < -0.39 is 11.0 Å². The second-order valence-electron chi connectivity index (χ2n) is 10.7. The predicted molar refractivity (Wildman–Crippen MR) is 140 cm³/mol. The number of nitrogens with zero attached hydrogens (tertiary/aromatic N) is 2. The maximum absolute atomic E-state index is 13.3. The first kappa shape index (κ1) is 23.8. The monoisotopic (exact) mass is 496 g/mol. The number of carbonyl (C=O) groups excluding carboxylic acids is 2. The van der Waals surface area contributed by atoms with Crippen LogP contribution in [-0.4, -0.2) is 65.6 Å². The summed E-state index contributed by atoms with van der Waals surface area (Å²) >= 11 is 0. The van der Waals surface area contributed by atoms with Crippen LogP contribution in [-0.2, 0) is 26.2 Å². The molecular formula is C31H32N2O4. The molecule has 0 N–H and O–H groups in total. The van der Waals surface area contributed by atoms with Crippen molar-refractivity contribution < 1.29 is 19.1 Å². The van der Waals surface area contributed by atoms with Gasteiger partial charge in [0.1, 0.15) is 17.5 Å². The number of rotatable bonds is 4. The second-order valence-corrected chi connectivity index (χ2v) is 10.7. The van der Waals surface area contributed by atoms with Gasteiger partial charge >= 0.3 is 5.97 Å². The lowest BCUT2D eigenvalue weighted by atomic mass is 9.48. The van der Waals surface area contributed by atoms with Gasteiger partial charge in [0.05, 0.1) is 17.5 Å². The van der Waals surface area contributed by atoms with E-state index in [2.05, 4.69) is 29.4 Å². The lowest BCUT2D eigenvalue weighted by Crippen LogP contribution is -2.79. The Hall–Kier alpha value is -3.56. The van der Waals surface area contributed by atoms with E-state index in [0.717, 1.165) is 37.2 Å². The molecule has 1 spiro atoms.